The molecular weight excluding hydrogens is 485 g/mol. The molecule has 0 saturated carbocycles. The Balaban J connectivity index is 0.00000320. The van der Waals surface area contributed by atoms with E-state index in [1.165, 1.54) is 16.7 Å². The van der Waals surface area contributed by atoms with Gasteiger partial charge in [0.2, 0.25) is 0 Å². The number of hydrogen-bond acceptors (Lipinski definition) is 2. The number of nitrogens with zero attached hydrogens (tertiary/aromatic N) is 3. The molecule has 2 N–H and O–H groups in total. The Kier molecular flexibility index (Phi) is 8.89. The molecule has 0 unspecified atom stereocenters. The minimum atomic E-state index is 0. The van der Waals surface area contributed by atoms with Crippen molar-refractivity contribution in [2.45, 2.75) is 39.3 Å². The van der Waals surface area contributed by atoms with Gasteiger partial charge in [0, 0.05) is 44.5 Å². The van der Waals surface area contributed by atoms with Crippen LogP contribution in [0.25, 0.3) is 0 Å². The first-order chi connectivity index (χ1) is 14.0. The highest BCUT2D eigenvalue weighted by Gasteiger charge is 2.20. The van der Waals surface area contributed by atoms with Crippen molar-refractivity contribution in [1.82, 2.24) is 20.2 Å². The molecule has 1 aromatic heterocycles. The molecule has 3 rings (SSSR count). The monoisotopic (exact) mass is 517 g/mol. The number of rotatable bonds is 7. The third-order valence-electron chi connectivity index (χ3n) is 5.20. The summed E-state index contributed by atoms with van der Waals surface area (Å²) >= 11 is 0. The van der Waals surface area contributed by atoms with E-state index in [0.29, 0.717) is 0 Å². The highest BCUT2D eigenvalue weighted by Crippen LogP contribution is 2.21. The number of halogens is 1. The lowest BCUT2D eigenvalue weighted by Crippen LogP contribution is -2.43. The van der Waals surface area contributed by atoms with Crippen LogP contribution in [0.15, 0.2) is 72.0 Å². The Hall–Kier alpha value is -2.35. The van der Waals surface area contributed by atoms with Gasteiger partial charge in [0.25, 0.3) is 0 Å². The van der Waals surface area contributed by atoms with Gasteiger partial charge in [-0.05, 0) is 23.6 Å². The summed E-state index contributed by atoms with van der Waals surface area (Å²) in [5.74, 6) is 1.84. The van der Waals surface area contributed by atoms with Crippen molar-refractivity contribution in [3.05, 3.63) is 89.5 Å². The summed E-state index contributed by atoms with van der Waals surface area (Å²) in [6, 6.07) is 19.2. The van der Waals surface area contributed by atoms with Gasteiger partial charge in [-0.3, -0.25) is 4.99 Å². The minimum absolute atomic E-state index is 0. The number of aliphatic imine (C=N–C) groups is 1. The van der Waals surface area contributed by atoms with Crippen LogP contribution in [-0.2, 0) is 18.5 Å². The van der Waals surface area contributed by atoms with Crippen molar-refractivity contribution < 1.29 is 0 Å². The van der Waals surface area contributed by atoms with Crippen molar-refractivity contribution in [2.24, 2.45) is 4.99 Å². The topological polar surface area (TPSA) is 54.2 Å². The zero-order valence-corrected chi connectivity index (χ0v) is 20.6. The van der Waals surface area contributed by atoms with Gasteiger partial charge in [0.15, 0.2) is 5.96 Å². The van der Waals surface area contributed by atoms with Crippen molar-refractivity contribution in [1.29, 1.82) is 0 Å². The Morgan fingerprint density at radius 2 is 1.77 bits per heavy atom. The van der Waals surface area contributed by atoms with E-state index in [-0.39, 0.29) is 29.4 Å². The van der Waals surface area contributed by atoms with Gasteiger partial charge in [0.1, 0.15) is 5.82 Å². The van der Waals surface area contributed by atoms with Crippen molar-refractivity contribution in [3.8, 4) is 0 Å². The number of aromatic nitrogens is 2. The lowest BCUT2D eigenvalue weighted by molar-refractivity contribution is 0.508. The summed E-state index contributed by atoms with van der Waals surface area (Å²) in [5.41, 5.74) is 3.82. The molecule has 0 fully saturated rings. The Bertz CT molecular complexity index is 947. The Morgan fingerprint density at radius 1 is 1.03 bits per heavy atom. The average molecular weight is 517 g/mol. The maximum atomic E-state index is 4.38. The Labute approximate surface area is 197 Å². The van der Waals surface area contributed by atoms with E-state index in [1.807, 2.05) is 26.4 Å². The molecule has 0 saturated heterocycles. The summed E-state index contributed by atoms with van der Waals surface area (Å²) in [7, 11) is 1.81. The molecule has 0 aliphatic heterocycles. The zero-order chi connectivity index (χ0) is 20.7. The molecule has 0 bridgehead atoms. The summed E-state index contributed by atoms with van der Waals surface area (Å²) in [5, 5.41) is 6.89. The molecule has 0 aliphatic rings. The maximum Gasteiger partial charge on any atom is 0.191 e. The summed E-state index contributed by atoms with van der Waals surface area (Å²) in [6.07, 6.45) is 3.86. The van der Waals surface area contributed by atoms with Crippen molar-refractivity contribution in [2.75, 3.05) is 13.6 Å². The third kappa shape index (κ3) is 6.58. The molecule has 160 valence electrons. The molecule has 1 heterocycles. The molecule has 5 nitrogen and oxygen atoms in total. The number of benzene rings is 2. The van der Waals surface area contributed by atoms with Crippen LogP contribution in [-0.4, -0.2) is 29.1 Å². The second-order valence-electron chi connectivity index (χ2n) is 7.95. The van der Waals surface area contributed by atoms with Crippen LogP contribution >= 0.6 is 24.0 Å². The molecule has 0 radical (unpaired) electrons. The van der Waals surface area contributed by atoms with Gasteiger partial charge in [-0.25, -0.2) is 4.98 Å². The van der Waals surface area contributed by atoms with Crippen LogP contribution in [0.5, 0.6) is 0 Å². The van der Waals surface area contributed by atoms with Gasteiger partial charge in [-0.1, -0.05) is 68.4 Å². The fourth-order valence-electron chi connectivity index (χ4n) is 3.31. The van der Waals surface area contributed by atoms with Crippen LogP contribution < -0.4 is 10.6 Å². The largest absolute Gasteiger partial charge is 0.356 e. The highest BCUT2D eigenvalue weighted by molar-refractivity contribution is 14.0. The van der Waals surface area contributed by atoms with Crippen LogP contribution in [0.3, 0.4) is 0 Å². The van der Waals surface area contributed by atoms with E-state index in [9.17, 15) is 0 Å². The number of aryl methyl sites for hydroxylation is 1. The van der Waals surface area contributed by atoms with E-state index >= 15 is 0 Å². The smallest absolute Gasteiger partial charge is 0.191 e. The average Bonchev–Trinajstić information content (AvgIpc) is 3.13. The highest BCUT2D eigenvalue weighted by atomic mass is 127. The van der Waals surface area contributed by atoms with Gasteiger partial charge in [0.05, 0.1) is 0 Å². The normalized spacial score (nSPS) is 11.7. The van der Waals surface area contributed by atoms with E-state index in [1.54, 1.807) is 0 Å². The van der Waals surface area contributed by atoms with Crippen LogP contribution in [0.2, 0.25) is 0 Å². The second kappa shape index (κ2) is 11.2. The van der Waals surface area contributed by atoms with Gasteiger partial charge in [-0.15, -0.1) is 24.0 Å². The maximum absolute atomic E-state index is 4.38. The number of guanidine groups is 1. The predicted octanol–water partition coefficient (Wildman–Crippen LogP) is 4.50. The van der Waals surface area contributed by atoms with E-state index in [4.69, 9.17) is 0 Å². The number of hydrogen-bond donors (Lipinski definition) is 2. The zero-order valence-electron chi connectivity index (χ0n) is 18.2. The molecule has 0 atom stereocenters. The molecule has 3 aromatic rings. The molecule has 6 heteroatoms. The standard InChI is InChI=1S/C24H31N5.HI/c1-19-26-13-14-29(19)17-21-10-8-9-20(15-21)16-27-23(25-4)28-18-24(2,3)22-11-6-5-7-12-22;/h5-15H,16-18H2,1-4H3,(H2,25,27,28);1H. The lowest BCUT2D eigenvalue weighted by Gasteiger charge is -2.26. The molecule has 2 aromatic carbocycles. The minimum Gasteiger partial charge on any atom is -0.356 e. The fraction of sp³-hybridized carbons (Fsp3) is 0.333. The van der Waals surface area contributed by atoms with E-state index < -0.39 is 0 Å². The summed E-state index contributed by atoms with van der Waals surface area (Å²) in [6.45, 7) is 8.86. The molecule has 0 aliphatic carbocycles. The second-order valence-corrected chi connectivity index (χ2v) is 7.95. The van der Waals surface area contributed by atoms with Gasteiger partial charge in [-0.2, -0.15) is 0 Å². The summed E-state index contributed by atoms with van der Waals surface area (Å²) in [4.78, 5) is 8.67. The van der Waals surface area contributed by atoms with E-state index in [2.05, 4.69) is 93.6 Å². The fourth-order valence-corrected chi connectivity index (χ4v) is 3.31. The predicted molar refractivity (Wildman–Crippen MR) is 136 cm³/mol. The van der Waals surface area contributed by atoms with Gasteiger partial charge >= 0.3 is 0 Å². The molecule has 30 heavy (non-hydrogen) atoms. The van der Waals surface area contributed by atoms with Crippen LogP contribution in [0, 0.1) is 6.92 Å². The Morgan fingerprint density at radius 3 is 2.43 bits per heavy atom. The SMILES string of the molecule is CN=C(NCc1cccc(Cn2ccnc2C)c1)NCC(C)(C)c1ccccc1.I. The lowest BCUT2D eigenvalue weighted by atomic mass is 9.85. The summed E-state index contributed by atoms with van der Waals surface area (Å²) < 4.78 is 2.15. The third-order valence-corrected chi connectivity index (χ3v) is 5.20. The van der Waals surface area contributed by atoms with Crippen molar-refractivity contribution in [3.63, 3.8) is 0 Å². The quantitative estimate of drug-likeness (QED) is 0.276. The molecule has 0 amide bonds. The first kappa shape index (κ1) is 23.9. The first-order valence-corrected chi connectivity index (χ1v) is 10.0. The number of nitrogens with one attached hydrogen (secondary N) is 2. The van der Waals surface area contributed by atoms with Crippen molar-refractivity contribution >= 4 is 29.9 Å². The first-order valence-electron chi connectivity index (χ1n) is 10.0. The van der Waals surface area contributed by atoms with Gasteiger partial charge < -0.3 is 15.2 Å². The van der Waals surface area contributed by atoms with Crippen LogP contribution in [0.4, 0.5) is 0 Å². The molecule has 0 spiro atoms. The molecular formula is C24H32IN5. The van der Waals surface area contributed by atoms with E-state index in [0.717, 1.165) is 31.4 Å². The number of imidazole rings is 1. The van der Waals surface area contributed by atoms with Crippen LogP contribution in [0.1, 0.15) is 36.4 Å².